The fraction of sp³-hybridized carbons (Fsp3) is 0. The van der Waals surface area contributed by atoms with Crippen molar-refractivity contribution in [2.45, 2.75) is 0 Å². The topological polar surface area (TPSA) is 58.7 Å². The van der Waals surface area contributed by atoms with Crippen molar-refractivity contribution in [1.29, 1.82) is 0 Å². The van der Waals surface area contributed by atoms with E-state index in [2.05, 4.69) is 0 Å². The highest BCUT2D eigenvalue weighted by atomic mass is 35.5. The number of nitrogens with zero attached hydrogens (tertiary/aromatic N) is 3. The lowest BCUT2D eigenvalue weighted by atomic mass is 13.0. The number of halogens is 1. The molecule has 0 aliphatic carbocycles. The van der Waals surface area contributed by atoms with Crippen LogP contribution in [0.4, 0.5) is 0 Å². The maximum atomic E-state index is 6.75. The molecule has 0 amide bonds. The molecule has 0 aromatic rings. The predicted molar refractivity (Wildman–Crippen MR) is 12.9 cm³/mol. The van der Waals surface area contributed by atoms with Crippen LogP contribution in [0.5, 0.6) is 0 Å². The van der Waals surface area contributed by atoms with Crippen molar-refractivity contribution < 1.29 is 12.4 Å². The van der Waals surface area contributed by atoms with Gasteiger partial charge in [-0.15, -0.1) is 0 Å². The fourth-order valence-electron chi connectivity index (χ4n) is 0. The fourth-order valence-corrected chi connectivity index (χ4v) is 0. The second kappa shape index (κ2) is 18.5. The first-order valence-corrected chi connectivity index (χ1v) is 0.400. The van der Waals surface area contributed by atoms with Crippen molar-refractivity contribution in [3.63, 3.8) is 0 Å². The summed E-state index contributed by atoms with van der Waals surface area (Å²) in [5.74, 6) is 0. The number of hydrogen-bond donors (Lipinski definition) is 0. The van der Waals surface area contributed by atoms with Gasteiger partial charge in [-0.05, 0) is 0 Å². The molecule has 24 valence electrons. The van der Waals surface area contributed by atoms with Crippen molar-refractivity contribution in [3.8, 4) is 0 Å². The summed E-state index contributed by atoms with van der Waals surface area (Å²) >= 11 is 0. The second-order valence-electron chi connectivity index (χ2n) is 0.0894. The van der Waals surface area contributed by atoms with Crippen molar-refractivity contribution >= 4 is 0 Å². The number of hydrogen-bond acceptors (Lipinski definition) is 0. The Labute approximate surface area is 29.5 Å². The van der Waals surface area contributed by atoms with Crippen LogP contribution in [0.1, 0.15) is 0 Å². The van der Waals surface area contributed by atoms with E-state index >= 15 is 0 Å². The molecule has 0 N–H and O–H groups in total. The van der Waals surface area contributed by atoms with E-state index in [9.17, 15) is 0 Å². The summed E-state index contributed by atoms with van der Waals surface area (Å²) in [5.41, 5.74) is 13.5. The van der Waals surface area contributed by atoms with Gasteiger partial charge in [-0.1, -0.05) is 0 Å². The molecule has 0 saturated heterocycles. The lowest BCUT2D eigenvalue weighted by Gasteiger charge is -1.31. The van der Waals surface area contributed by atoms with Gasteiger partial charge in [0.25, 0.3) is 0 Å². The Bertz CT molecular complexity index is 24.3. The van der Waals surface area contributed by atoms with E-state index in [4.69, 9.17) is 11.1 Å². The first-order valence-electron chi connectivity index (χ1n) is 0.400. The molecule has 0 bridgehead atoms. The molecule has 0 aromatic carbocycles. The van der Waals surface area contributed by atoms with Crippen LogP contribution in [0.2, 0.25) is 0 Å². The molecule has 0 atom stereocenters. The molecule has 4 heteroatoms. The zero-order valence-corrected chi connectivity index (χ0v) is 2.68. The van der Waals surface area contributed by atoms with Gasteiger partial charge in [0, 0.05) is 0 Å². The van der Waals surface area contributed by atoms with Crippen molar-refractivity contribution in [1.82, 2.24) is 0 Å². The Hall–Kier alpha value is -0.400. The zero-order valence-electron chi connectivity index (χ0n) is 1.79. The quantitative estimate of drug-likeness (QED) is 0.228. The Morgan fingerprint density at radius 1 is 1.25 bits per heavy atom. The third-order valence-electron chi connectivity index (χ3n) is 0. The molecule has 0 saturated carbocycles. The van der Waals surface area contributed by atoms with Gasteiger partial charge < -0.3 is 11.1 Å². The summed E-state index contributed by atoms with van der Waals surface area (Å²) in [4.78, 5) is 1.50. The van der Waals surface area contributed by atoms with Crippen LogP contribution in [-0.2, 0) is 0 Å². The van der Waals surface area contributed by atoms with Crippen molar-refractivity contribution in [3.05, 3.63) is 16.0 Å². The van der Waals surface area contributed by atoms with Crippen molar-refractivity contribution in [2.24, 2.45) is 0 Å². The second-order valence-corrected chi connectivity index (χ2v) is 0.0894. The summed E-state index contributed by atoms with van der Waals surface area (Å²) in [6.45, 7) is 0. The molecule has 0 heterocycles. The van der Waals surface area contributed by atoms with Crippen LogP contribution in [0.3, 0.4) is 0 Å². The lowest BCUT2D eigenvalue weighted by molar-refractivity contribution is -0.000000705. The summed E-state index contributed by atoms with van der Waals surface area (Å²) in [5, 5.41) is 0. The standard InChI is InChI=1S/ClH2.N3/c;1-3-2/h1H2;/q+1;-1. The van der Waals surface area contributed by atoms with Crippen molar-refractivity contribution in [2.75, 3.05) is 0 Å². The van der Waals surface area contributed by atoms with E-state index in [1.807, 2.05) is 0 Å². The molecule has 0 aliphatic rings. The Kier molecular flexibility index (Phi) is 43.9. The smallest absolute Gasteiger partial charge is 0.0903 e. The molecule has 0 unspecified atom stereocenters. The Morgan fingerprint density at radius 2 is 1.25 bits per heavy atom. The van der Waals surface area contributed by atoms with E-state index in [1.165, 1.54) is 4.91 Å². The van der Waals surface area contributed by atoms with Crippen LogP contribution in [0, 0.1) is 12.4 Å². The van der Waals surface area contributed by atoms with Gasteiger partial charge in [-0.3, -0.25) is 4.91 Å². The van der Waals surface area contributed by atoms with Gasteiger partial charge in [0.1, 0.15) is 0 Å². The van der Waals surface area contributed by atoms with Crippen LogP contribution in [0.15, 0.2) is 0 Å². The number of rotatable bonds is 0. The molecule has 3 nitrogen and oxygen atoms in total. The maximum Gasteiger partial charge on any atom is 0.0903 e. The van der Waals surface area contributed by atoms with Gasteiger partial charge in [0.2, 0.25) is 0 Å². The monoisotopic (exact) mass is 79.0 g/mol. The highest BCUT2D eigenvalue weighted by Crippen LogP contribution is 1.29. The highest BCUT2D eigenvalue weighted by Gasteiger charge is 0.689. The SMILES string of the molecule is [ClH2+].[N-]=[N+]=[N-]. The molecule has 0 rings (SSSR count). The molecule has 4 heavy (non-hydrogen) atoms. The highest BCUT2D eigenvalue weighted by molar-refractivity contribution is 4.36. The van der Waals surface area contributed by atoms with Gasteiger partial charge in [0.15, 0.2) is 0 Å². The summed E-state index contributed by atoms with van der Waals surface area (Å²) in [7, 11) is 0. The van der Waals surface area contributed by atoms with Crippen LogP contribution >= 0.6 is 0 Å². The summed E-state index contributed by atoms with van der Waals surface area (Å²) in [6.07, 6.45) is 0. The minimum atomic E-state index is 0. The van der Waals surface area contributed by atoms with Gasteiger partial charge in [0.05, 0.1) is 12.4 Å². The molecule has 0 radical (unpaired) electrons. The average molecular weight is 79.5 g/mol. The largest absolute Gasteiger partial charge is 0.373 e. The molecule has 0 aromatic heterocycles. The maximum absolute atomic E-state index is 6.75. The summed E-state index contributed by atoms with van der Waals surface area (Å²) < 4.78 is 0. The van der Waals surface area contributed by atoms with Crippen LogP contribution < -0.4 is 0 Å². The average Bonchev–Trinajstić information content (AvgIpc) is 0.918. The van der Waals surface area contributed by atoms with Crippen LogP contribution in [-0.4, -0.2) is 0 Å². The van der Waals surface area contributed by atoms with E-state index in [0.29, 0.717) is 0 Å². The third-order valence-corrected chi connectivity index (χ3v) is 0. The zero-order chi connectivity index (χ0) is 2.71. The Balaban J connectivity index is 0. The van der Waals surface area contributed by atoms with Gasteiger partial charge >= 0.3 is 0 Å². The molecule has 0 spiro atoms. The molecular weight excluding hydrogens is 77.5 g/mol. The minimum Gasteiger partial charge on any atom is -0.373 e. The molecular formula is H2ClN3. The minimum absolute atomic E-state index is 0. The summed E-state index contributed by atoms with van der Waals surface area (Å²) in [6, 6.07) is 0. The van der Waals surface area contributed by atoms with E-state index < -0.39 is 0 Å². The molecule has 0 aliphatic heterocycles. The first kappa shape index (κ1) is 9.51. The van der Waals surface area contributed by atoms with Crippen LogP contribution in [0.25, 0.3) is 16.0 Å². The van der Waals surface area contributed by atoms with E-state index in [1.54, 1.807) is 0 Å². The van der Waals surface area contributed by atoms with Gasteiger partial charge in [-0.2, -0.15) is 0 Å². The molecule has 0 fully saturated rings. The normalized spacial score (nSPS) is 2.00. The predicted octanol–water partition coefficient (Wildman–Crippen LogP) is 0.331. The Morgan fingerprint density at radius 3 is 1.25 bits per heavy atom. The lowest BCUT2D eigenvalue weighted by Crippen LogP contribution is -0.711. The van der Waals surface area contributed by atoms with E-state index in [-0.39, 0.29) is 12.4 Å². The van der Waals surface area contributed by atoms with E-state index in [0.717, 1.165) is 0 Å². The first-order chi connectivity index (χ1) is 1.41. The third kappa shape index (κ3) is 3.60. The van der Waals surface area contributed by atoms with Gasteiger partial charge in [-0.25, -0.2) is 0 Å².